The van der Waals surface area contributed by atoms with E-state index >= 15 is 0 Å². The number of likely N-dealkylation sites (tertiary alicyclic amines) is 2. The molecular formula is C20H38N6. The second-order valence-electron chi connectivity index (χ2n) is 8.37. The zero-order chi connectivity index (χ0) is 18.4. The summed E-state index contributed by atoms with van der Waals surface area (Å²) in [7, 11) is 0. The highest BCUT2D eigenvalue weighted by Crippen LogP contribution is 2.18. The van der Waals surface area contributed by atoms with Crippen LogP contribution in [-0.4, -0.2) is 62.9 Å². The van der Waals surface area contributed by atoms with Crippen LogP contribution < -0.4 is 5.84 Å². The molecule has 2 fully saturated rings. The predicted octanol–water partition coefficient (Wildman–Crippen LogP) is 2.61. The third-order valence-corrected chi connectivity index (χ3v) is 6.41. The predicted molar refractivity (Wildman–Crippen MR) is 107 cm³/mol. The lowest BCUT2D eigenvalue weighted by Gasteiger charge is -2.33. The monoisotopic (exact) mass is 362 g/mol. The van der Waals surface area contributed by atoms with Crippen molar-refractivity contribution >= 4 is 0 Å². The molecule has 3 heterocycles. The summed E-state index contributed by atoms with van der Waals surface area (Å²) in [5, 5.41) is 8.71. The Morgan fingerprint density at radius 3 is 1.69 bits per heavy atom. The minimum absolute atomic E-state index is 0.729. The van der Waals surface area contributed by atoms with Gasteiger partial charge in [-0.3, -0.25) is 0 Å². The van der Waals surface area contributed by atoms with E-state index in [1.54, 1.807) is 4.68 Å². The first-order valence-electron chi connectivity index (χ1n) is 10.8. The number of aryl methyl sites for hydroxylation is 2. The Morgan fingerprint density at radius 2 is 1.27 bits per heavy atom. The van der Waals surface area contributed by atoms with Crippen molar-refractivity contribution in [2.75, 3.05) is 32.0 Å². The number of nitrogen functional groups attached to an aromatic ring is 1. The maximum absolute atomic E-state index is 6.26. The van der Waals surface area contributed by atoms with E-state index in [9.17, 15) is 0 Å². The van der Waals surface area contributed by atoms with Crippen molar-refractivity contribution in [2.24, 2.45) is 0 Å². The Balaban J connectivity index is 1.39. The average molecular weight is 363 g/mol. The van der Waals surface area contributed by atoms with Gasteiger partial charge in [0.05, 0.1) is 0 Å². The van der Waals surface area contributed by atoms with Crippen LogP contribution in [0.25, 0.3) is 0 Å². The summed E-state index contributed by atoms with van der Waals surface area (Å²) in [5.74, 6) is 8.14. The first-order chi connectivity index (χ1) is 12.6. The molecule has 2 saturated heterocycles. The highest BCUT2D eigenvalue weighted by atomic mass is 15.4. The van der Waals surface area contributed by atoms with Gasteiger partial charge < -0.3 is 15.6 Å². The van der Waals surface area contributed by atoms with Crippen LogP contribution in [0.15, 0.2) is 0 Å². The minimum atomic E-state index is 0.729. The summed E-state index contributed by atoms with van der Waals surface area (Å²) in [6, 6.07) is 1.46. The zero-order valence-corrected chi connectivity index (χ0v) is 16.9. The largest absolute Gasteiger partial charge is 0.336 e. The summed E-state index contributed by atoms with van der Waals surface area (Å²) in [6.07, 6.45) is 12.2. The van der Waals surface area contributed by atoms with Crippen molar-refractivity contribution in [2.45, 2.75) is 90.1 Å². The number of hydrogen-bond donors (Lipinski definition) is 1. The fourth-order valence-corrected chi connectivity index (χ4v) is 4.56. The van der Waals surface area contributed by atoms with Crippen molar-refractivity contribution in [3.63, 3.8) is 0 Å². The Kier molecular flexibility index (Phi) is 7.32. The molecule has 2 aliphatic rings. The summed E-state index contributed by atoms with van der Waals surface area (Å²) in [6.45, 7) is 9.50. The van der Waals surface area contributed by atoms with Gasteiger partial charge in [-0.05, 0) is 78.6 Å². The molecule has 2 aliphatic heterocycles. The third kappa shape index (κ3) is 5.19. The van der Waals surface area contributed by atoms with Crippen LogP contribution in [0.5, 0.6) is 0 Å². The lowest BCUT2D eigenvalue weighted by atomic mass is 10.0. The van der Waals surface area contributed by atoms with Crippen LogP contribution in [0.1, 0.15) is 76.9 Å². The van der Waals surface area contributed by atoms with Crippen LogP contribution in [0.3, 0.4) is 0 Å². The van der Waals surface area contributed by atoms with Crippen LogP contribution in [0.2, 0.25) is 0 Å². The van der Waals surface area contributed by atoms with Gasteiger partial charge in [0.2, 0.25) is 0 Å². The lowest BCUT2D eigenvalue weighted by molar-refractivity contribution is 0.158. The van der Waals surface area contributed by atoms with Crippen LogP contribution in [0.4, 0.5) is 0 Å². The second-order valence-corrected chi connectivity index (χ2v) is 8.37. The molecule has 2 N–H and O–H groups in total. The van der Waals surface area contributed by atoms with Gasteiger partial charge in [0.25, 0.3) is 0 Å². The van der Waals surface area contributed by atoms with E-state index in [0.717, 1.165) is 62.5 Å². The average Bonchev–Trinajstić information content (AvgIpc) is 2.99. The van der Waals surface area contributed by atoms with Gasteiger partial charge in [-0.1, -0.05) is 12.8 Å². The second kappa shape index (κ2) is 9.70. The molecule has 1 aromatic rings. The summed E-state index contributed by atoms with van der Waals surface area (Å²) in [5.41, 5.74) is 0. The molecule has 0 spiro atoms. The number of piperidine rings is 2. The smallest absolute Gasteiger partial charge is 0.151 e. The molecule has 0 bridgehead atoms. The highest BCUT2D eigenvalue weighted by Gasteiger charge is 2.19. The van der Waals surface area contributed by atoms with E-state index in [2.05, 4.69) is 33.8 Å². The third-order valence-electron chi connectivity index (χ3n) is 6.41. The van der Waals surface area contributed by atoms with Gasteiger partial charge >= 0.3 is 0 Å². The fraction of sp³-hybridized carbons (Fsp3) is 0.900. The zero-order valence-electron chi connectivity index (χ0n) is 16.9. The number of hydrogen-bond acceptors (Lipinski definition) is 5. The van der Waals surface area contributed by atoms with E-state index in [-0.39, 0.29) is 0 Å². The first-order valence-corrected chi connectivity index (χ1v) is 10.8. The van der Waals surface area contributed by atoms with Crippen molar-refractivity contribution in [3.05, 3.63) is 11.6 Å². The molecule has 148 valence electrons. The van der Waals surface area contributed by atoms with Crippen molar-refractivity contribution in [1.82, 2.24) is 24.7 Å². The minimum Gasteiger partial charge on any atom is -0.336 e. The van der Waals surface area contributed by atoms with E-state index in [0.29, 0.717) is 0 Å². The maximum Gasteiger partial charge on any atom is 0.151 e. The fourth-order valence-electron chi connectivity index (χ4n) is 4.56. The van der Waals surface area contributed by atoms with E-state index in [4.69, 9.17) is 5.84 Å². The maximum atomic E-state index is 6.26. The molecule has 0 aliphatic carbocycles. The summed E-state index contributed by atoms with van der Waals surface area (Å²) < 4.78 is 1.75. The SMILES string of the molecule is C[C@@H]1CCCCN1CCCc1nnc(CCCN2CCCC[C@@H]2C)n1N. The lowest BCUT2D eigenvalue weighted by Crippen LogP contribution is -2.38. The highest BCUT2D eigenvalue weighted by molar-refractivity contribution is 4.97. The van der Waals surface area contributed by atoms with Crippen molar-refractivity contribution < 1.29 is 0 Å². The molecular weight excluding hydrogens is 324 g/mol. The van der Waals surface area contributed by atoms with Crippen molar-refractivity contribution in [3.8, 4) is 0 Å². The Bertz CT molecular complexity index is 497. The van der Waals surface area contributed by atoms with E-state index in [1.807, 2.05) is 0 Å². The molecule has 0 saturated carbocycles. The quantitative estimate of drug-likeness (QED) is 0.720. The molecule has 0 amide bonds. The van der Waals surface area contributed by atoms with E-state index < -0.39 is 0 Å². The normalized spacial score (nSPS) is 25.6. The van der Waals surface area contributed by atoms with Crippen LogP contribution in [0, 0.1) is 0 Å². The topological polar surface area (TPSA) is 63.2 Å². The molecule has 26 heavy (non-hydrogen) atoms. The molecule has 0 unspecified atom stereocenters. The molecule has 0 radical (unpaired) electrons. The number of aromatic nitrogens is 3. The number of nitrogens with two attached hydrogens (primary N) is 1. The van der Waals surface area contributed by atoms with Crippen LogP contribution >= 0.6 is 0 Å². The first kappa shape index (κ1) is 19.6. The van der Waals surface area contributed by atoms with Gasteiger partial charge in [0, 0.05) is 24.9 Å². The van der Waals surface area contributed by atoms with E-state index in [1.165, 1.54) is 51.6 Å². The van der Waals surface area contributed by atoms with Gasteiger partial charge in [0.15, 0.2) is 11.6 Å². The molecule has 2 atom stereocenters. The summed E-state index contributed by atoms with van der Waals surface area (Å²) in [4.78, 5) is 5.23. The number of nitrogens with zero attached hydrogens (tertiary/aromatic N) is 5. The molecule has 0 aromatic carbocycles. The molecule has 3 rings (SSSR count). The number of rotatable bonds is 8. The van der Waals surface area contributed by atoms with Crippen molar-refractivity contribution in [1.29, 1.82) is 0 Å². The van der Waals surface area contributed by atoms with Crippen LogP contribution in [-0.2, 0) is 12.8 Å². The van der Waals surface area contributed by atoms with Gasteiger partial charge in [-0.15, -0.1) is 10.2 Å². The Morgan fingerprint density at radius 1 is 0.808 bits per heavy atom. The van der Waals surface area contributed by atoms with Gasteiger partial charge in [-0.25, -0.2) is 4.68 Å². The Labute approximate surface area is 159 Å². The molecule has 6 heteroatoms. The van der Waals surface area contributed by atoms with Gasteiger partial charge in [-0.2, -0.15) is 0 Å². The Hall–Kier alpha value is -1.14. The standard InChI is InChI=1S/C20H38N6/c1-17-9-3-5-13-24(17)15-7-11-19-22-23-20(26(19)21)12-8-16-25-14-6-4-10-18(25)2/h17-18H,3-16,21H2,1-2H3/t17-,18+. The molecule has 6 nitrogen and oxygen atoms in total. The summed E-state index contributed by atoms with van der Waals surface area (Å²) >= 11 is 0. The molecule has 1 aromatic heterocycles. The van der Waals surface area contributed by atoms with Gasteiger partial charge in [0.1, 0.15) is 0 Å².